The molecule has 0 atom stereocenters. The summed E-state index contributed by atoms with van der Waals surface area (Å²) in [6, 6.07) is 10.8. The first-order chi connectivity index (χ1) is 7.85. The summed E-state index contributed by atoms with van der Waals surface area (Å²) in [7, 11) is 0. The quantitative estimate of drug-likeness (QED) is 0.819. The lowest BCUT2D eigenvalue weighted by molar-refractivity contribution is 0.282. The third kappa shape index (κ3) is 2.53. The second-order valence-corrected chi connectivity index (χ2v) is 4.16. The molecule has 16 heavy (non-hydrogen) atoms. The summed E-state index contributed by atoms with van der Waals surface area (Å²) < 4.78 is 0. The second-order valence-electron chi connectivity index (χ2n) is 4.16. The topological polar surface area (TPSA) is 47.3 Å². The fourth-order valence-corrected chi connectivity index (χ4v) is 1.87. The standard InChI is InChI=1S/C13H16N2O/c14-8-1-9-15(13-6-7-13)12-4-2-11(10-16)3-5-12/h2-5,13,16H,1,6-7,9-10H2. The molecule has 1 aromatic rings. The molecule has 1 fully saturated rings. The zero-order valence-electron chi connectivity index (χ0n) is 9.26. The Balaban J connectivity index is 2.08. The number of rotatable bonds is 5. The molecule has 1 saturated carbocycles. The van der Waals surface area contributed by atoms with Gasteiger partial charge in [0.05, 0.1) is 19.1 Å². The maximum absolute atomic E-state index is 8.97. The van der Waals surface area contributed by atoms with Crippen molar-refractivity contribution in [1.29, 1.82) is 5.26 Å². The van der Waals surface area contributed by atoms with Crippen molar-refractivity contribution < 1.29 is 5.11 Å². The van der Waals surface area contributed by atoms with E-state index in [0.29, 0.717) is 12.5 Å². The van der Waals surface area contributed by atoms with Crippen LogP contribution < -0.4 is 4.90 Å². The molecule has 0 aromatic heterocycles. The predicted molar refractivity (Wildman–Crippen MR) is 63.0 cm³/mol. The first-order valence-electron chi connectivity index (χ1n) is 5.68. The number of nitrogens with zero attached hydrogens (tertiary/aromatic N) is 2. The summed E-state index contributed by atoms with van der Waals surface area (Å²) in [6.45, 7) is 0.890. The molecule has 1 N–H and O–H groups in total. The van der Waals surface area contributed by atoms with Crippen molar-refractivity contribution in [1.82, 2.24) is 0 Å². The van der Waals surface area contributed by atoms with Crippen LogP contribution in [0, 0.1) is 11.3 Å². The number of aliphatic hydroxyl groups is 1. The molecule has 84 valence electrons. The lowest BCUT2D eigenvalue weighted by atomic mass is 10.2. The molecule has 0 saturated heterocycles. The van der Waals surface area contributed by atoms with Gasteiger partial charge in [0.25, 0.3) is 0 Å². The largest absolute Gasteiger partial charge is 0.392 e. The Kier molecular flexibility index (Phi) is 3.43. The highest BCUT2D eigenvalue weighted by atomic mass is 16.3. The van der Waals surface area contributed by atoms with Crippen LogP contribution in [0.4, 0.5) is 5.69 Å². The third-order valence-corrected chi connectivity index (χ3v) is 2.90. The molecule has 1 aliphatic rings. The fourth-order valence-electron chi connectivity index (χ4n) is 1.87. The maximum Gasteiger partial charge on any atom is 0.0681 e. The summed E-state index contributed by atoms with van der Waals surface area (Å²) in [4.78, 5) is 2.30. The fraction of sp³-hybridized carbons (Fsp3) is 0.462. The van der Waals surface area contributed by atoms with E-state index in [9.17, 15) is 0 Å². The first kappa shape index (κ1) is 11.0. The molecule has 1 aromatic carbocycles. The molecule has 0 unspecified atom stereocenters. The van der Waals surface area contributed by atoms with E-state index < -0.39 is 0 Å². The molecule has 0 bridgehead atoms. The van der Waals surface area contributed by atoms with Gasteiger partial charge in [-0.25, -0.2) is 0 Å². The summed E-state index contributed by atoms with van der Waals surface area (Å²) in [5, 5.41) is 17.6. The van der Waals surface area contributed by atoms with Gasteiger partial charge in [0.2, 0.25) is 0 Å². The van der Waals surface area contributed by atoms with Crippen molar-refractivity contribution in [2.75, 3.05) is 11.4 Å². The molecule has 2 rings (SSSR count). The van der Waals surface area contributed by atoms with Crippen molar-refractivity contribution in [3.05, 3.63) is 29.8 Å². The van der Waals surface area contributed by atoms with E-state index in [-0.39, 0.29) is 6.61 Å². The van der Waals surface area contributed by atoms with E-state index in [1.165, 1.54) is 12.8 Å². The summed E-state index contributed by atoms with van der Waals surface area (Å²) in [6.07, 6.45) is 3.03. The average molecular weight is 216 g/mol. The zero-order chi connectivity index (χ0) is 11.4. The van der Waals surface area contributed by atoms with Crippen molar-refractivity contribution in [3.8, 4) is 6.07 Å². The highest BCUT2D eigenvalue weighted by Gasteiger charge is 2.28. The van der Waals surface area contributed by atoms with Gasteiger partial charge in [0, 0.05) is 18.3 Å². The van der Waals surface area contributed by atoms with Gasteiger partial charge >= 0.3 is 0 Å². The summed E-state index contributed by atoms with van der Waals surface area (Å²) in [5.74, 6) is 0. The monoisotopic (exact) mass is 216 g/mol. The Morgan fingerprint density at radius 3 is 2.50 bits per heavy atom. The third-order valence-electron chi connectivity index (χ3n) is 2.90. The molecule has 0 heterocycles. The summed E-state index contributed by atoms with van der Waals surface area (Å²) >= 11 is 0. The zero-order valence-corrected chi connectivity index (χ0v) is 9.26. The van der Waals surface area contributed by atoms with Crippen LogP contribution in [0.5, 0.6) is 0 Å². The van der Waals surface area contributed by atoms with Gasteiger partial charge in [0.15, 0.2) is 0 Å². The molecule has 1 aliphatic carbocycles. The van der Waals surface area contributed by atoms with Gasteiger partial charge in [-0.1, -0.05) is 12.1 Å². The van der Waals surface area contributed by atoms with Crippen molar-refractivity contribution in [2.24, 2.45) is 0 Å². The molecule has 0 amide bonds. The van der Waals surface area contributed by atoms with Gasteiger partial charge < -0.3 is 10.0 Å². The van der Waals surface area contributed by atoms with Crippen molar-refractivity contribution in [3.63, 3.8) is 0 Å². The maximum atomic E-state index is 8.97. The van der Waals surface area contributed by atoms with Crippen LogP contribution in [-0.2, 0) is 6.61 Å². The molecule has 0 spiro atoms. The van der Waals surface area contributed by atoms with Gasteiger partial charge in [-0.15, -0.1) is 0 Å². The Hall–Kier alpha value is -1.53. The molecule has 3 heteroatoms. The first-order valence-corrected chi connectivity index (χ1v) is 5.68. The van der Waals surface area contributed by atoms with E-state index in [1.54, 1.807) is 0 Å². The van der Waals surface area contributed by atoms with E-state index >= 15 is 0 Å². The number of hydrogen-bond acceptors (Lipinski definition) is 3. The molecule has 0 aliphatic heterocycles. The van der Waals surface area contributed by atoms with Crippen LogP contribution in [0.3, 0.4) is 0 Å². The predicted octanol–water partition coefficient (Wildman–Crippen LogP) is 2.06. The minimum absolute atomic E-state index is 0.0852. The van der Waals surface area contributed by atoms with Crippen LogP contribution >= 0.6 is 0 Å². The van der Waals surface area contributed by atoms with Gasteiger partial charge in [-0.2, -0.15) is 5.26 Å². The van der Waals surface area contributed by atoms with Crippen molar-refractivity contribution >= 4 is 5.69 Å². The lowest BCUT2D eigenvalue weighted by Crippen LogP contribution is -2.26. The number of hydrogen-bond donors (Lipinski definition) is 1. The van der Waals surface area contributed by atoms with Gasteiger partial charge in [-0.05, 0) is 30.5 Å². The number of benzene rings is 1. The molecular weight excluding hydrogens is 200 g/mol. The van der Waals surface area contributed by atoms with Crippen LogP contribution in [-0.4, -0.2) is 17.7 Å². The Morgan fingerprint density at radius 2 is 2.00 bits per heavy atom. The van der Waals surface area contributed by atoms with E-state index in [4.69, 9.17) is 10.4 Å². The van der Waals surface area contributed by atoms with E-state index in [1.807, 2.05) is 24.3 Å². The molecule has 0 radical (unpaired) electrons. The van der Waals surface area contributed by atoms with Gasteiger partial charge in [-0.3, -0.25) is 0 Å². The molecule has 3 nitrogen and oxygen atoms in total. The normalized spacial score (nSPS) is 14.5. The van der Waals surface area contributed by atoms with Crippen LogP contribution in [0.25, 0.3) is 0 Å². The van der Waals surface area contributed by atoms with Crippen LogP contribution in [0.2, 0.25) is 0 Å². The second kappa shape index (κ2) is 5.00. The number of aliphatic hydroxyl groups excluding tert-OH is 1. The van der Waals surface area contributed by atoms with E-state index in [0.717, 1.165) is 17.8 Å². The number of anilines is 1. The van der Waals surface area contributed by atoms with Crippen LogP contribution in [0.1, 0.15) is 24.8 Å². The van der Waals surface area contributed by atoms with E-state index in [2.05, 4.69) is 11.0 Å². The number of nitriles is 1. The van der Waals surface area contributed by atoms with Gasteiger partial charge in [0.1, 0.15) is 0 Å². The van der Waals surface area contributed by atoms with Crippen LogP contribution in [0.15, 0.2) is 24.3 Å². The highest BCUT2D eigenvalue weighted by molar-refractivity contribution is 5.49. The average Bonchev–Trinajstić information content (AvgIpc) is 3.15. The summed E-state index contributed by atoms with van der Waals surface area (Å²) in [5.41, 5.74) is 2.09. The Bertz CT molecular complexity index is 376. The SMILES string of the molecule is N#CCCN(c1ccc(CO)cc1)C1CC1. The lowest BCUT2D eigenvalue weighted by Gasteiger charge is -2.23. The minimum atomic E-state index is 0.0852. The Labute approximate surface area is 95.9 Å². The van der Waals surface area contributed by atoms with Crippen molar-refractivity contribution in [2.45, 2.75) is 31.9 Å². The highest BCUT2D eigenvalue weighted by Crippen LogP contribution is 2.31. The minimum Gasteiger partial charge on any atom is -0.392 e. The smallest absolute Gasteiger partial charge is 0.0681 e. The molecular formula is C13H16N2O. The Morgan fingerprint density at radius 1 is 1.31 bits per heavy atom.